The highest BCUT2D eigenvalue weighted by Gasteiger charge is 2.33. The Labute approximate surface area is 155 Å². The smallest absolute Gasteiger partial charge is 0.267 e. The van der Waals surface area contributed by atoms with Crippen molar-refractivity contribution in [1.29, 1.82) is 0 Å². The number of nitrogens with zero attached hydrogens (tertiary/aromatic N) is 1. The first-order valence-corrected chi connectivity index (χ1v) is 9.65. The van der Waals surface area contributed by atoms with Crippen LogP contribution in [0.1, 0.15) is 36.3 Å². The summed E-state index contributed by atoms with van der Waals surface area (Å²) in [6.45, 7) is 6.82. The van der Waals surface area contributed by atoms with E-state index in [1.54, 1.807) is 15.9 Å². The van der Waals surface area contributed by atoms with Crippen molar-refractivity contribution in [3.63, 3.8) is 0 Å². The van der Waals surface area contributed by atoms with Gasteiger partial charge in [-0.05, 0) is 50.2 Å². The number of fused-ring (bicyclic) bond motifs is 3. The molecule has 4 rings (SSSR count). The average Bonchev–Trinajstić information content (AvgIpc) is 2.93. The molecule has 3 aromatic rings. The van der Waals surface area contributed by atoms with E-state index in [1.807, 2.05) is 31.2 Å². The molecule has 0 saturated heterocycles. The average molecular weight is 373 g/mol. The van der Waals surface area contributed by atoms with Crippen LogP contribution in [0.3, 0.4) is 0 Å². The SMILES string of the molecule is CCC1(C)Cc2c(sc3[nH]c(=S)n(-c4ccc(C)cc4)c(=O)c23)CO1. The summed E-state index contributed by atoms with van der Waals surface area (Å²) in [6, 6.07) is 7.85. The van der Waals surface area contributed by atoms with Gasteiger partial charge in [-0.3, -0.25) is 9.36 Å². The summed E-state index contributed by atoms with van der Waals surface area (Å²) in [6.07, 6.45) is 1.67. The molecule has 25 heavy (non-hydrogen) atoms. The number of aromatic amines is 1. The van der Waals surface area contributed by atoms with Gasteiger partial charge in [0.05, 0.1) is 23.3 Å². The van der Waals surface area contributed by atoms with Crippen LogP contribution in [0.5, 0.6) is 0 Å². The van der Waals surface area contributed by atoms with Crippen LogP contribution in [-0.4, -0.2) is 15.2 Å². The molecule has 1 unspecified atom stereocenters. The van der Waals surface area contributed by atoms with Crippen molar-refractivity contribution in [3.8, 4) is 5.69 Å². The van der Waals surface area contributed by atoms with Crippen LogP contribution >= 0.6 is 23.6 Å². The first-order valence-electron chi connectivity index (χ1n) is 8.42. The number of benzene rings is 1. The molecular weight excluding hydrogens is 352 g/mol. The van der Waals surface area contributed by atoms with Crippen molar-refractivity contribution in [2.24, 2.45) is 0 Å². The van der Waals surface area contributed by atoms with E-state index < -0.39 is 0 Å². The highest BCUT2D eigenvalue weighted by Crippen LogP contribution is 2.38. The maximum absolute atomic E-state index is 13.3. The van der Waals surface area contributed by atoms with E-state index in [2.05, 4.69) is 18.8 Å². The number of H-pyrrole nitrogens is 1. The Hall–Kier alpha value is -1.76. The summed E-state index contributed by atoms with van der Waals surface area (Å²) >= 11 is 7.06. The lowest BCUT2D eigenvalue weighted by Crippen LogP contribution is -2.34. The number of nitrogens with one attached hydrogen (secondary N) is 1. The van der Waals surface area contributed by atoms with Crippen LogP contribution in [0.15, 0.2) is 29.1 Å². The van der Waals surface area contributed by atoms with Crippen LogP contribution in [0.2, 0.25) is 0 Å². The molecule has 6 heteroatoms. The van der Waals surface area contributed by atoms with Gasteiger partial charge >= 0.3 is 0 Å². The predicted octanol–water partition coefficient (Wildman–Crippen LogP) is 4.66. The summed E-state index contributed by atoms with van der Waals surface area (Å²) < 4.78 is 8.06. The van der Waals surface area contributed by atoms with Crippen LogP contribution in [0, 0.1) is 11.7 Å². The Morgan fingerprint density at radius 1 is 1.36 bits per heavy atom. The molecule has 0 aliphatic carbocycles. The maximum Gasteiger partial charge on any atom is 0.267 e. The van der Waals surface area contributed by atoms with Crippen LogP contribution in [0.4, 0.5) is 0 Å². The third-order valence-electron chi connectivity index (χ3n) is 5.07. The van der Waals surface area contributed by atoms with Crippen LogP contribution < -0.4 is 5.56 Å². The number of ether oxygens (including phenoxy) is 1. The fraction of sp³-hybridized carbons (Fsp3) is 0.368. The monoisotopic (exact) mass is 372 g/mol. The van der Waals surface area contributed by atoms with Gasteiger partial charge < -0.3 is 9.72 Å². The van der Waals surface area contributed by atoms with Gasteiger partial charge in [-0.15, -0.1) is 11.3 Å². The van der Waals surface area contributed by atoms with E-state index in [4.69, 9.17) is 17.0 Å². The van der Waals surface area contributed by atoms with Crippen LogP contribution in [-0.2, 0) is 17.8 Å². The second-order valence-electron chi connectivity index (χ2n) is 6.88. The quantitative estimate of drug-likeness (QED) is 0.666. The zero-order valence-electron chi connectivity index (χ0n) is 14.5. The number of hydrogen-bond donors (Lipinski definition) is 1. The van der Waals surface area contributed by atoms with Crippen molar-refractivity contribution in [2.75, 3.05) is 0 Å². The van der Waals surface area contributed by atoms with Crippen molar-refractivity contribution in [2.45, 2.75) is 45.8 Å². The minimum atomic E-state index is -0.214. The molecule has 1 atom stereocenters. The van der Waals surface area contributed by atoms with Gasteiger partial charge in [0.25, 0.3) is 5.56 Å². The topological polar surface area (TPSA) is 47.0 Å². The summed E-state index contributed by atoms with van der Waals surface area (Å²) in [7, 11) is 0. The van der Waals surface area contributed by atoms with E-state index in [-0.39, 0.29) is 11.2 Å². The van der Waals surface area contributed by atoms with E-state index in [1.165, 1.54) is 0 Å². The number of aromatic nitrogens is 2. The second-order valence-corrected chi connectivity index (χ2v) is 8.37. The van der Waals surface area contributed by atoms with Gasteiger partial charge in [0.15, 0.2) is 4.77 Å². The molecule has 1 N–H and O–H groups in total. The minimum Gasteiger partial charge on any atom is -0.369 e. The zero-order chi connectivity index (χ0) is 17.8. The van der Waals surface area contributed by atoms with Gasteiger partial charge in [0.2, 0.25) is 0 Å². The Kier molecular flexibility index (Phi) is 3.94. The molecule has 2 aromatic heterocycles. The summed E-state index contributed by atoms with van der Waals surface area (Å²) in [4.78, 5) is 18.5. The van der Waals surface area contributed by atoms with E-state index in [9.17, 15) is 4.79 Å². The molecule has 0 amide bonds. The molecule has 0 bridgehead atoms. The lowest BCUT2D eigenvalue weighted by atomic mass is 9.90. The highest BCUT2D eigenvalue weighted by molar-refractivity contribution is 7.71. The Morgan fingerprint density at radius 3 is 2.76 bits per heavy atom. The minimum absolute atomic E-state index is 0.0412. The highest BCUT2D eigenvalue weighted by atomic mass is 32.1. The molecular formula is C19H20N2O2S2. The number of rotatable bonds is 2. The van der Waals surface area contributed by atoms with Crippen molar-refractivity contribution in [1.82, 2.24) is 9.55 Å². The molecule has 1 aliphatic rings. The standard InChI is InChI=1S/C19H20N2O2S2/c1-4-19(3)9-13-14(10-23-19)25-16-15(13)17(22)21(18(24)20-16)12-7-5-11(2)6-8-12/h5-8H,4,9-10H2,1-3H3,(H,20,24). The third-order valence-corrected chi connectivity index (χ3v) is 6.48. The number of aryl methyl sites for hydroxylation is 1. The first-order chi connectivity index (χ1) is 11.9. The molecule has 4 nitrogen and oxygen atoms in total. The van der Waals surface area contributed by atoms with Gasteiger partial charge in [-0.1, -0.05) is 24.6 Å². The molecule has 130 valence electrons. The zero-order valence-corrected chi connectivity index (χ0v) is 16.1. The van der Waals surface area contributed by atoms with Gasteiger partial charge in [-0.25, -0.2) is 0 Å². The van der Waals surface area contributed by atoms with Gasteiger partial charge in [-0.2, -0.15) is 0 Å². The Morgan fingerprint density at radius 2 is 2.08 bits per heavy atom. The largest absolute Gasteiger partial charge is 0.369 e. The molecule has 0 radical (unpaired) electrons. The van der Waals surface area contributed by atoms with Gasteiger partial charge in [0.1, 0.15) is 4.83 Å². The lowest BCUT2D eigenvalue weighted by Gasteiger charge is -2.32. The second kappa shape index (κ2) is 5.90. The Bertz CT molecular complexity index is 1080. The first kappa shape index (κ1) is 16.7. The predicted molar refractivity (Wildman–Crippen MR) is 105 cm³/mol. The van der Waals surface area contributed by atoms with Crippen molar-refractivity contribution < 1.29 is 4.74 Å². The molecule has 1 aliphatic heterocycles. The molecule has 3 heterocycles. The number of hydrogen-bond acceptors (Lipinski definition) is 4. The normalized spacial score (nSPS) is 20.0. The maximum atomic E-state index is 13.3. The van der Waals surface area contributed by atoms with Crippen LogP contribution in [0.25, 0.3) is 15.9 Å². The molecule has 0 spiro atoms. The van der Waals surface area contributed by atoms with E-state index in [0.717, 1.165) is 44.7 Å². The fourth-order valence-corrected chi connectivity index (χ4v) is 4.78. The summed E-state index contributed by atoms with van der Waals surface area (Å²) in [5.74, 6) is 0. The molecule has 1 aromatic carbocycles. The molecule has 0 fully saturated rings. The Balaban J connectivity index is 1.99. The number of thiophene rings is 1. The summed E-state index contributed by atoms with van der Waals surface area (Å²) in [5, 5.41) is 0.761. The van der Waals surface area contributed by atoms with Gasteiger partial charge in [0, 0.05) is 11.3 Å². The lowest BCUT2D eigenvalue weighted by molar-refractivity contribution is -0.0543. The van der Waals surface area contributed by atoms with Crippen molar-refractivity contribution in [3.05, 3.63) is 55.4 Å². The summed E-state index contributed by atoms with van der Waals surface area (Å²) in [5.41, 5.74) is 2.81. The molecule has 0 saturated carbocycles. The third kappa shape index (κ3) is 2.69. The fourth-order valence-electron chi connectivity index (χ4n) is 3.31. The van der Waals surface area contributed by atoms with E-state index >= 15 is 0 Å². The van der Waals surface area contributed by atoms with Crippen molar-refractivity contribution >= 4 is 33.8 Å². The van der Waals surface area contributed by atoms with E-state index in [0.29, 0.717) is 11.4 Å².